The second-order valence-electron chi connectivity index (χ2n) is 5.24. The smallest absolute Gasteiger partial charge is 0.244 e. The average molecular weight is 313 g/mol. The highest BCUT2D eigenvalue weighted by Crippen LogP contribution is 2.20. The van der Waals surface area contributed by atoms with Gasteiger partial charge in [-0.25, -0.2) is 0 Å². The highest BCUT2D eigenvalue weighted by molar-refractivity contribution is 5.88. The predicted molar refractivity (Wildman–Crippen MR) is 83.0 cm³/mol. The maximum Gasteiger partial charge on any atom is 0.244 e. The molecule has 1 aliphatic rings. The van der Waals surface area contributed by atoms with E-state index in [0.717, 1.165) is 12.8 Å². The summed E-state index contributed by atoms with van der Waals surface area (Å²) >= 11 is 0. The first-order chi connectivity index (χ1) is 9.49. The van der Waals surface area contributed by atoms with Gasteiger partial charge in [0.25, 0.3) is 0 Å². The molecule has 0 radical (unpaired) electrons. The van der Waals surface area contributed by atoms with Crippen molar-refractivity contribution in [3.63, 3.8) is 0 Å². The molecular weight excluding hydrogens is 292 g/mol. The molecule has 2 N–H and O–H groups in total. The third kappa shape index (κ3) is 4.07. The molecule has 2 rings (SSSR count). The zero-order valence-corrected chi connectivity index (χ0v) is 13.1. The fraction of sp³-hybridized carbons (Fsp3) is 0.500. The van der Waals surface area contributed by atoms with E-state index in [1.807, 2.05) is 0 Å². The molecule has 2 amide bonds. The number of nitrogens with two attached hydrogens (primary N) is 1. The van der Waals surface area contributed by atoms with Gasteiger partial charge in [-0.3, -0.25) is 14.6 Å². The van der Waals surface area contributed by atoms with E-state index >= 15 is 0 Å². The Hall–Kier alpha value is -1.82. The molecule has 1 aromatic rings. The number of anilines is 1. The normalized spacial score (nSPS) is 17.2. The summed E-state index contributed by atoms with van der Waals surface area (Å²) in [6, 6.07) is 3.14. The van der Waals surface area contributed by atoms with Gasteiger partial charge in [-0.1, -0.05) is 0 Å². The van der Waals surface area contributed by atoms with Gasteiger partial charge in [0.2, 0.25) is 11.8 Å². The van der Waals surface area contributed by atoms with Gasteiger partial charge in [-0.05, 0) is 25.0 Å². The van der Waals surface area contributed by atoms with Crippen molar-refractivity contribution in [2.45, 2.75) is 25.3 Å². The van der Waals surface area contributed by atoms with Gasteiger partial charge in [0.1, 0.15) is 6.04 Å². The summed E-state index contributed by atoms with van der Waals surface area (Å²) in [5.74, 6) is -0.0684. The zero-order valence-electron chi connectivity index (χ0n) is 12.3. The number of nitrogen functional groups attached to an aromatic ring is 1. The van der Waals surface area contributed by atoms with Crippen molar-refractivity contribution in [2.75, 3.05) is 26.4 Å². The van der Waals surface area contributed by atoms with Gasteiger partial charge < -0.3 is 15.5 Å². The number of pyridine rings is 1. The maximum atomic E-state index is 12.3. The topological polar surface area (TPSA) is 79.5 Å². The minimum Gasteiger partial charge on any atom is -0.397 e. The van der Waals surface area contributed by atoms with Crippen LogP contribution in [-0.2, 0) is 16.0 Å². The van der Waals surface area contributed by atoms with Crippen molar-refractivity contribution in [3.8, 4) is 0 Å². The van der Waals surface area contributed by atoms with Gasteiger partial charge >= 0.3 is 0 Å². The second-order valence-corrected chi connectivity index (χ2v) is 5.24. The van der Waals surface area contributed by atoms with Gasteiger partial charge in [0, 0.05) is 26.3 Å². The molecule has 1 atom stereocenters. The number of rotatable bonds is 3. The largest absolute Gasteiger partial charge is 0.397 e. The molecule has 0 spiro atoms. The zero-order chi connectivity index (χ0) is 14.7. The first-order valence-corrected chi connectivity index (χ1v) is 6.70. The van der Waals surface area contributed by atoms with Crippen LogP contribution >= 0.6 is 12.4 Å². The molecule has 6 nitrogen and oxygen atoms in total. The van der Waals surface area contributed by atoms with Crippen molar-refractivity contribution >= 4 is 29.9 Å². The predicted octanol–water partition coefficient (Wildman–Crippen LogP) is 0.707. The Kier molecular flexibility index (Phi) is 5.96. The van der Waals surface area contributed by atoms with E-state index in [4.69, 9.17) is 5.73 Å². The van der Waals surface area contributed by atoms with E-state index in [9.17, 15) is 9.59 Å². The minimum atomic E-state index is -0.328. The monoisotopic (exact) mass is 312 g/mol. The van der Waals surface area contributed by atoms with Crippen LogP contribution < -0.4 is 5.73 Å². The third-order valence-electron chi connectivity index (χ3n) is 3.48. The van der Waals surface area contributed by atoms with Crippen LogP contribution in [0.1, 0.15) is 18.5 Å². The number of carbonyl (C=O) groups excluding carboxylic acids is 2. The molecule has 21 heavy (non-hydrogen) atoms. The Bertz CT molecular complexity index is 504. The van der Waals surface area contributed by atoms with Crippen LogP contribution in [0.4, 0.5) is 5.69 Å². The fourth-order valence-electron chi connectivity index (χ4n) is 2.42. The summed E-state index contributed by atoms with van der Waals surface area (Å²) in [7, 11) is 3.43. The van der Waals surface area contributed by atoms with E-state index < -0.39 is 0 Å². The Morgan fingerprint density at radius 3 is 2.71 bits per heavy atom. The van der Waals surface area contributed by atoms with Crippen LogP contribution in [0.25, 0.3) is 0 Å². The molecule has 1 unspecified atom stereocenters. The molecule has 116 valence electrons. The Morgan fingerprint density at radius 2 is 2.14 bits per heavy atom. The van der Waals surface area contributed by atoms with Crippen LogP contribution in [0.2, 0.25) is 0 Å². The van der Waals surface area contributed by atoms with Crippen molar-refractivity contribution < 1.29 is 9.59 Å². The number of likely N-dealkylation sites (N-methyl/N-ethyl adjacent to an activating group) is 1. The van der Waals surface area contributed by atoms with Crippen LogP contribution in [0, 0.1) is 0 Å². The number of likely N-dealkylation sites (tertiary alicyclic amines) is 1. The molecule has 7 heteroatoms. The van der Waals surface area contributed by atoms with Gasteiger partial charge in [-0.2, -0.15) is 0 Å². The summed E-state index contributed by atoms with van der Waals surface area (Å²) < 4.78 is 0. The second kappa shape index (κ2) is 7.26. The third-order valence-corrected chi connectivity index (χ3v) is 3.48. The number of hydrogen-bond donors (Lipinski definition) is 1. The number of aromatic nitrogens is 1. The lowest BCUT2D eigenvalue weighted by atomic mass is 10.2. The number of carbonyl (C=O) groups is 2. The summed E-state index contributed by atoms with van der Waals surface area (Å²) in [4.78, 5) is 31.7. The quantitative estimate of drug-likeness (QED) is 0.891. The van der Waals surface area contributed by atoms with Crippen LogP contribution in [0.15, 0.2) is 18.3 Å². The van der Waals surface area contributed by atoms with E-state index in [1.54, 1.807) is 31.1 Å². The summed E-state index contributed by atoms with van der Waals surface area (Å²) in [6.07, 6.45) is 3.34. The molecule has 1 fully saturated rings. The molecule has 0 saturated carbocycles. The summed E-state index contributed by atoms with van der Waals surface area (Å²) in [5, 5.41) is 0. The number of hydrogen-bond acceptors (Lipinski definition) is 4. The number of halogens is 1. The first kappa shape index (κ1) is 17.2. The molecule has 1 saturated heterocycles. The molecular formula is C14H21ClN4O2. The summed E-state index contributed by atoms with van der Waals surface area (Å²) in [5.41, 5.74) is 6.81. The number of nitrogens with zero attached hydrogens (tertiary/aromatic N) is 3. The van der Waals surface area contributed by atoms with Gasteiger partial charge in [0.05, 0.1) is 18.3 Å². The standard InChI is InChI=1S/C14H20N4O2.ClH/c1-17(2)14(20)12-4-3-7-18(12)13(19)8-11-6-5-10(15)9-16-11;/h5-6,9,12H,3-4,7-8,15H2,1-2H3;1H. The van der Waals surface area contributed by atoms with Gasteiger partial charge in [-0.15, -0.1) is 12.4 Å². The highest BCUT2D eigenvalue weighted by Gasteiger charge is 2.34. The lowest BCUT2D eigenvalue weighted by Gasteiger charge is -2.26. The molecule has 1 aromatic heterocycles. The van der Waals surface area contributed by atoms with Gasteiger partial charge in [0.15, 0.2) is 0 Å². The van der Waals surface area contributed by atoms with Crippen molar-refractivity contribution in [1.29, 1.82) is 0 Å². The first-order valence-electron chi connectivity index (χ1n) is 6.70. The summed E-state index contributed by atoms with van der Waals surface area (Å²) in [6.45, 7) is 0.637. The molecule has 0 aliphatic carbocycles. The Labute approximate surface area is 130 Å². The van der Waals surface area contributed by atoms with Crippen LogP contribution in [0.5, 0.6) is 0 Å². The molecule has 2 heterocycles. The van der Waals surface area contributed by atoms with E-state index in [1.165, 1.54) is 11.1 Å². The van der Waals surface area contributed by atoms with Crippen LogP contribution in [0.3, 0.4) is 0 Å². The lowest BCUT2D eigenvalue weighted by molar-refractivity contribution is -0.141. The van der Waals surface area contributed by atoms with Crippen molar-refractivity contribution in [1.82, 2.24) is 14.8 Å². The van der Waals surface area contributed by atoms with Crippen molar-refractivity contribution in [2.24, 2.45) is 0 Å². The van der Waals surface area contributed by atoms with E-state index in [2.05, 4.69) is 4.98 Å². The minimum absolute atomic E-state index is 0. The molecule has 0 bridgehead atoms. The lowest BCUT2D eigenvalue weighted by Crippen LogP contribution is -2.46. The van der Waals surface area contributed by atoms with Crippen molar-refractivity contribution in [3.05, 3.63) is 24.0 Å². The van der Waals surface area contributed by atoms with E-state index in [-0.39, 0.29) is 36.7 Å². The molecule has 0 aromatic carbocycles. The molecule has 1 aliphatic heterocycles. The van der Waals surface area contributed by atoms with E-state index in [0.29, 0.717) is 17.9 Å². The number of amides is 2. The maximum absolute atomic E-state index is 12.3. The Morgan fingerprint density at radius 1 is 1.43 bits per heavy atom. The fourth-order valence-corrected chi connectivity index (χ4v) is 2.42. The highest BCUT2D eigenvalue weighted by atomic mass is 35.5. The SMILES string of the molecule is CN(C)C(=O)C1CCCN1C(=O)Cc1ccc(N)cn1.Cl. The Balaban J connectivity index is 0.00000220. The average Bonchev–Trinajstić information content (AvgIpc) is 2.89. The van der Waals surface area contributed by atoms with Crippen LogP contribution in [-0.4, -0.2) is 53.3 Å².